The molecule has 1 atom stereocenters. The zero-order valence-electron chi connectivity index (χ0n) is 15.2. The number of benzene rings is 2. The molecular weight excluding hydrogens is 360 g/mol. The minimum Gasteiger partial charge on any atom is -0.266 e. The SMILES string of the molecule is C=CC(CCCCCOS(=O)(=O)c1ccc(C)cc1)[Si]c1ccccc1. The average Bonchev–Trinajstić information content (AvgIpc) is 2.64. The lowest BCUT2D eigenvalue weighted by molar-refractivity contribution is 0.306. The summed E-state index contributed by atoms with van der Waals surface area (Å²) in [7, 11) is -2.91. The van der Waals surface area contributed by atoms with E-state index in [9.17, 15) is 8.42 Å². The zero-order valence-corrected chi connectivity index (χ0v) is 17.0. The summed E-state index contributed by atoms with van der Waals surface area (Å²) >= 11 is 0. The molecule has 0 saturated heterocycles. The van der Waals surface area contributed by atoms with Crippen molar-refractivity contribution in [2.75, 3.05) is 6.61 Å². The van der Waals surface area contributed by atoms with E-state index in [4.69, 9.17) is 4.18 Å². The molecule has 1 unspecified atom stereocenters. The van der Waals surface area contributed by atoms with E-state index in [1.807, 2.05) is 19.1 Å². The Morgan fingerprint density at radius 1 is 1.04 bits per heavy atom. The van der Waals surface area contributed by atoms with Crippen molar-refractivity contribution in [1.29, 1.82) is 0 Å². The van der Waals surface area contributed by atoms with Crippen molar-refractivity contribution < 1.29 is 12.6 Å². The van der Waals surface area contributed by atoms with Crippen molar-refractivity contribution >= 4 is 24.8 Å². The highest BCUT2D eigenvalue weighted by atomic mass is 32.2. The molecule has 0 aromatic heterocycles. The quantitative estimate of drug-likeness (QED) is 0.251. The van der Waals surface area contributed by atoms with Gasteiger partial charge in [-0.25, -0.2) is 0 Å². The van der Waals surface area contributed by atoms with E-state index < -0.39 is 10.1 Å². The molecule has 0 aliphatic heterocycles. The lowest BCUT2D eigenvalue weighted by Crippen LogP contribution is -2.18. The van der Waals surface area contributed by atoms with Crippen LogP contribution in [0.2, 0.25) is 5.54 Å². The van der Waals surface area contributed by atoms with Gasteiger partial charge in [-0.15, -0.1) is 6.58 Å². The van der Waals surface area contributed by atoms with E-state index in [1.54, 1.807) is 24.3 Å². The third-order valence-electron chi connectivity index (χ3n) is 4.12. The lowest BCUT2D eigenvalue weighted by Gasteiger charge is -2.11. The van der Waals surface area contributed by atoms with E-state index >= 15 is 0 Å². The van der Waals surface area contributed by atoms with Crippen LogP contribution < -0.4 is 5.19 Å². The van der Waals surface area contributed by atoms with Crippen LogP contribution in [0.3, 0.4) is 0 Å². The second-order valence-corrected chi connectivity index (χ2v) is 9.51. The predicted molar refractivity (Wildman–Crippen MR) is 109 cm³/mol. The van der Waals surface area contributed by atoms with Crippen molar-refractivity contribution in [2.24, 2.45) is 0 Å². The predicted octanol–water partition coefficient (Wildman–Crippen LogP) is 4.26. The summed E-state index contributed by atoms with van der Waals surface area (Å²) in [5.41, 5.74) is 1.51. The molecule has 0 N–H and O–H groups in total. The van der Waals surface area contributed by atoms with Crippen LogP contribution in [0.5, 0.6) is 0 Å². The third kappa shape index (κ3) is 6.90. The van der Waals surface area contributed by atoms with Gasteiger partial charge in [0.25, 0.3) is 10.1 Å². The molecular formula is C21H26O3SSi. The maximum Gasteiger partial charge on any atom is 0.296 e. The molecule has 2 rings (SSSR count). The molecule has 138 valence electrons. The highest BCUT2D eigenvalue weighted by Crippen LogP contribution is 2.17. The molecule has 0 aliphatic rings. The fraction of sp³-hybridized carbons (Fsp3) is 0.333. The Bertz CT molecular complexity index is 771. The average molecular weight is 387 g/mol. The van der Waals surface area contributed by atoms with Crippen LogP contribution in [-0.4, -0.2) is 24.5 Å². The molecule has 0 bridgehead atoms. The van der Waals surface area contributed by atoms with Gasteiger partial charge in [0.15, 0.2) is 0 Å². The van der Waals surface area contributed by atoms with Gasteiger partial charge in [-0.1, -0.05) is 72.1 Å². The van der Waals surface area contributed by atoms with E-state index in [0.29, 0.717) is 5.54 Å². The van der Waals surface area contributed by atoms with Crippen LogP contribution in [0.1, 0.15) is 31.2 Å². The van der Waals surface area contributed by atoms with E-state index in [2.05, 4.69) is 30.8 Å². The molecule has 2 aromatic carbocycles. The van der Waals surface area contributed by atoms with Crippen molar-refractivity contribution in [1.82, 2.24) is 0 Å². The minimum atomic E-state index is -3.64. The molecule has 2 radical (unpaired) electrons. The van der Waals surface area contributed by atoms with Gasteiger partial charge in [-0.2, -0.15) is 8.42 Å². The Morgan fingerprint density at radius 3 is 2.38 bits per heavy atom. The topological polar surface area (TPSA) is 43.4 Å². The highest BCUT2D eigenvalue weighted by molar-refractivity contribution is 7.86. The normalized spacial score (nSPS) is 12.7. The maximum atomic E-state index is 12.1. The van der Waals surface area contributed by atoms with Gasteiger partial charge in [-0.3, -0.25) is 4.18 Å². The molecule has 0 aliphatic carbocycles. The minimum absolute atomic E-state index is 0.221. The fourth-order valence-electron chi connectivity index (χ4n) is 2.58. The number of aryl methyl sites for hydroxylation is 1. The first kappa shape index (κ1) is 20.6. The van der Waals surface area contributed by atoms with Crippen LogP contribution in [0, 0.1) is 6.92 Å². The first-order chi connectivity index (χ1) is 12.5. The number of hydrogen-bond acceptors (Lipinski definition) is 3. The third-order valence-corrected chi connectivity index (χ3v) is 7.01. The highest BCUT2D eigenvalue weighted by Gasteiger charge is 2.14. The Labute approximate surface area is 160 Å². The number of unbranched alkanes of at least 4 members (excludes halogenated alkanes) is 2. The number of allylic oxidation sites excluding steroid dienone is 1. The maximum absolute atomic E-state index is 12.1. The van der Waals surface area contributed by atoms with E-state index in [-0.39, 0.29) is 11.5 Å². The molecule has 0 amide bonds. The molecule has 2 aromatic rings. The molecule has 3 nitrogen and oxygen atoms in total. The lowest BCUT2D eigenvalue weighted by atomic mass is 10.1. The zero-order chi connectivity index (χ0) is 18.8. The van der Waals surface area contributed by atoms with Crippen molar-refractivity contribution in [2.45, 2.75) is 43.0 Å². The molecule has 0 spiro atoms. The van der Waals surface area contributed by atoms with Crippen molar-refractivity contribution in [3.63, 3.8) is 0 Å². The first-order valence-corrected chi connectivity index (χ1v) is 11.4. The van der Waals surface area contributed by atoms with Gasteiger partial charge in [0.05, 0.1) is 21.0 Å². The van der Waals surface area contributed by atoms with Crippen LogP contribution in [0.15, 0.2) is 72.1 Å². The van der Waals surface area contributed by atoms with Crippen molar-refractivity contribution in [3.05, 3.63) is 72.8 Å². The standard InChI is InChI=1S/C21H26O3SSi/c1-3-20(26-21-11-6-4-7-12-21)10-8-5-9-17-24-25(22,23)19-15-13-18(2)14-16-19/h3-4,6-7,11-16,20H,1,5,8-10,17H2,2H3. The number of hydrogen-bond donors (Lipinski definition) is 0. The fourth-order valence-corrected chi connectivity index (χ4v) is 4.80. The largest absolute Gasteiger partial charge is 0.296 e. The summed E-state index contributed by atoms with van der Waals surface area (Å²) < 4.78 is 29.3. The summed E-state index contributed by atoms with van der Waals surface area (Å²) in [4.78, 5) is 0.221. The second-order valence-electron chi connectivity index (χ2n) is 6.29. The van der Waals surface area contributed by atoms with Gasteiger partial charge >= 0.3 is 0 Å². The Kier molecular flexibility index (Phi) is 8.29. The summed E-state index contributed by atoms with van der Waals surface area (Å²) in [6.07, 6.45) is 5.84. The van der Waals surface area contributed by atoms with Gasteiger partial charge in [0, 0.05) is 0 Å². The molecule has 5 heteroatoms. The van der Waals surface area contributed by atoms with Crippen LogP contribution >= 0.6 is 0 Å². The van der Waals surface area contributed by atoms with Gasteiger partial charge < -0.3 is 0 Å². The van der Waals surface area contributed by atoms with Crippen molar-refractivity contribution in [3.8, 4) is 0 Å². The Hall–Kier alpha value is -1.69. The number of rotatable bonds is 11. The summed E-state index contributed by atoms with van der Waals surface area (Å²) in [5, 5.41) is 1.35. The molecule has 0 saturated carbocycles. The van der Waals surface area contributed by atoms with Gasteiger partial charge in [-0.05, 0) is 37.4 Å². The van der Waals surface area contributed by atoms with E-state index in [0.717, 1.165) is 40.8 Å². The summed E-state index contributed by atoms with van der Waals surface area (Å²) in [5.74, 6) is 0. The monoisotopic (exact) mass is 386 g/mol. The van der Waals surface area contributed by atoms with Crippen LogP contribution in [-0.2, 0) is 14.3 Å². The first-order valence-electron chi connectivity index (χ1n) is 8.91. The summed E-state index contributed by atoms with van der Waals surface area (Å²) in [6.45, 7) is 6.10. The van der Waals surface area contributed by atoms with Crippen LogP contribution in [0.4, 0.5) is 0 Å². The second kappa shape index (κ2) is 10.5. The van der Waals surface area contributed by atoms with E-state index in [1.165, 1.54) is 5.19 Å². The Balaban J connectivity index is 1.66. The Morgan fingerprint density at radius 2 is 1.73 bits per heavy atom. The van der Waals surface area contributed by atoms with Crippen LogP contribution in [0.25, 0.3) is 0 Å². The molecule has 26 heavy (non-hydrogen) atoms. The summed E-state index contributed by atoms with van der Waals surface area (Å²) in [6, 6.07) is 17.2. The molecule has 0 heterocycles. The van der Waals surface area contributed by atoms with Gasteiger partial charge in [0.1, 0.15) is 0 Å². The van der Waals surface area contributed by atoms with Gasteiger partial charge in [0.2, 0.25) is 0 Å². The molecule has 0 fully saturated rings. The smallest absolute Gasteiger partial charge is 0.266 e.